The molecule has 0 heterocycles. The third-order valence-corrected chi connectivity index (χ3v) is 7.33. The molecule has 138 valence electrons. The summed E-state index contributed by atoms with van der Waals surface area (Å²) in [4.78, 5) is 12.4. The van der Waals surface area contributed by atoms with E-state index >= 15 is 0 Å². The van der Waals surface area contributed by atoms with Crippen molar-refractivity contribution in [1.29, 1.82) is 0 Å². The van der Waals surface area contributed by atoms with E-state index in [2.05, 4.69) is 4.72 Å². The molecule has 1 aromatic rings. The van der Waals surface area contributed by atoms with Crippen LogP contribution < -0.4 is 0 Å². The predicted octanol–water partition coefficient (Wildman–Crippen LogP) is 4.44. The monoisotopic (exact) mass is 374 g/mol. The number of rotatable bonds is 4. The van der Waals surface area contributed by atoms with Crippen molar-refractivity contribution in [2.75, 3.05) is 5.75 Å². The van der Waals surface area contributed by atoms with Crippen LogP contribution in [-0.4, -0.2) is 20.0 Å². The first-order chi connectivity index (χ1) is 11.4. The average molecular weight is 374 g/mol. The molecule has 2 unspecified atom stereocenters. The maximum atomic E-state index is 12.8. The Labute approximate surface area is 144 Å². The number of benzene rings is 1. The molecular weight excluding hydrogens is 355 g/mol. The Morgan fingerprint density at radius 1 is 1.28 bits per heavy atom. The Bertz CT molecular complexity index is 817. The van der Waals surface area contributed by atoms with E-state index in [4.69, 9.17) is 0 Å². The summed E-state index contributed by atoms with van der Waals surface area (Å²) < 4.78 is 66.9. The van der Waals surface area contributed by atoms with Crippen molar-refractivity contribution in [2.45, 2.75) is 39.3 Å². The van der Waals surface area contributed by atoms with Gasteiger partial charge in [0, 0.05) is 17.6 Å². The molecule has 0 saturated heterocycles. The number of sulfonamides is 1. The van der Waals surface area contributed by atoms with E-state index in [1.807, 2.05) is 13.8 Å². The van der Waals surface area contributed by atoms with Crippen molar-refractivity contribution in [3.05, 3.63) is 34.6 Å². The van der Waals surface area contributed by atoms with Crippen molar-refractivity contribution in [2.24, 2.45) is 16.7 Å². The van der Waals surface area contributed by atoms with E-state index in [9.17, 15) is 26.4 Å². The second-order valence-corrected chi connectivity index (χ2v) is 9.17. The topological polar surface area (TPSA) is 65.3 Å². The second-order valence-electron chi connectivity index (χ2n) is 7.53. The van der Waals surface area contributed by atoms with Gasteiger partial charge in [-0.25, -0.2) is 8.42 Å². The van der Waals surface area contributed by atoms with Gasteiger partial charge in [0.25, 0.3) is 0 Å². The lowest BCUT2D eigenvalue weighted by atomic mass is 9.70. The van der Waals surface area contributed by atoms with Crippen molar-refractivity contribution in [1.82, 2.24) is 0 Å². The summed E-state index contributed by atoms with van der Waals surface area (Å²) in [5.74, 6) is -0.362. The van der Waals surface area contributed by atoms with E-state index in [-0.39, 0.29) is 17.4 Å². The van der Waals surface area contributed by atoms with Gasteiger partial charge in [-0.2, -0.15) is 13.2 Å². The van der Waals surface area contributed by atoms with E-state index < -0.39 is 38.3 Å². The van der Waals surface area contributed by atoms with Crippen LogP contribution in [0.3, 0.4) is 0 Å². The summed E-state index contributed by atoms with van der Waals surface area (Å²) in [5, 5.41) is 0. The van der Waals surface area contributed by atoms with Gasteiger partial charge in [-0.05, 0) is 24.2 Å². The Morgan fingerprint density at radius 2 is 1.96 bits per heavy atom. The van der Waals surface area contributed by atoms with Crippen LogP contribution in [0.1, 0.15) is 38.7 Å². The zero-order valence-corrected chi connectivity index (χ0v) is 14.7. The molecule has 0 radical (unpaired) electrons. The lowest BCUT2D eigenvalue weighted by Crippen LogP contribution is -2.41. The number of hydrogen-bond donors (Lipinski definition) is 0. The molecular formula is C17H19F3NO3S-. The lowest BCUT2D eigenvalue weighted by molar-refractivity contribution is -0.137. The van der Waals surface area contributed by atoms with Crippen molar-refractivity contribution >= 4 is 21.5 Å². The predicted molar refractivity (Wildman–Crippen MR) is 86.8 cm³/mol. The minimum Gasteiger partial charge on any atom is -0.577 e. The summed E-state index contributed by atoms with van der Waals surface area (Å²) in [5.41, 5.74) is -2.66. The maximum absolute atomic E-state index is 12.8. The van der Waals surface area contributed by atoms with E-state index in [0.29, 0.717) is 18.9 Å². The minimum atomic E-state index is -4.57. The number of carbonyl (C=O) groups is 1. The maximum Gasteiger partial charge on any atom is 0.416 e. The van der Waals surface area contributed by atoms with Crippen molar-refractivity contribution in [3.63, 3.8) is 0 Å². The van der Waals surface area contributed by atoms with Gasteiger partial charge in [-0.3, -0.25) is 4.79 Å². The summed E-state index contributed by atoms with van der Waals surface area (Å²) >= 11 is 0. The second kappa shape index (κ2) is 5.46. The zero-order valence-electron chi connectivity index (χ0n) is 13.9. The van der Waals surface area contributed by atoms with Gasteiger partial charge in [-0.15, -0.1) is 5.69 Å². The van der Waals surface area contributed by atoms with Crippen LogP contribution in [0, 0.1) is 16.7 Å². The van der Waals surface area contributed by atoms with Gasteiger partial charge < -0.3 is 4.72 Å². The van der Waals surface area contributed by atoms with E-state index in [1.54, 1.807) is 0 Å². The lowest BCUT2D eigenvalue weighted by Gasteiger charge is -2.38. The Balaban J connectivity index is 1.85. The molecule has 25 heavy (non-hydrogen) atoms. The number of Topliss-reactive ketones (excluding diaryl/α,β-unsaturated/α-hetero) is 1. The fourth-order valence-electron chi connectivity index (χ4n) is 4.35. The van der Waals surface area contributed by atoms with E-state index in [1.165, 1.54) is 6.07 Å². The van der Waals surface area contributed by atoms with Crippen molar-refractivity contribution in [3.8, 4) is 0 Å². The molecule has 2 bridgehead atoms. The molecule has 2 atom stereocenters. The van der Waals surface area contributed by atoms with Gasteiger partial charge in [0.2, 0.25) is 0 Å². The van der Waals surface area contributed by atoms with Crippen LogP contribution in [0.4, 0.5) is 18.9 Å². The fourth-order valence-corrected chi connectivity index (χ4v) is 6.15. The normalized spacial score (nSPS) is 28.4. The molecule has 2 aliphatic rings. The number of ketones is 1. The number of alkyl halides is 3. The van der Waals surface area contributed by atoms with Crippen LogP contribution in [0.25, 0.3) is 4.72 Å². The molecule has 1 aromatic carbocycles. The summed E-state index contributed by atoms with van der Waals surface area (Å²) in [7, 11) is -4.09. The highest BCUT2D eigenvalue weighted by atomic mass is 32.2. The van der Waals surface area contributed by atoms with Gasteiger partial charge in [0.05, 0.1) is 15.6 Å². The molecule has 0 aliphatic heterocycles. The smallest absolute Gasteiger partial charge is 0.416 e. The highest BCUT2D eigenvalue weighted by molar-refractivity contribution is 7.94. The number of hydrogen-bond acceptors (Lipinski definition) is 3. The van der Waals surface area contributed by atoms with Gasteiger partial charge in [-0.1, -0.05) is 38.1 Å². The first kappa shape index (κ1) is 18.2. The van der Waals surface area contributed by atoms with Gasteiger partial charge in [0.1, 0.15) is 5.78 Å². The number of halogens is 3. The molecule has 3 rings (SSSR count). The van der Waals surface area contributed by atoms with Crippen LogP contribution in [0.5, 0.6) is 0 Å². The molecule has 8 heteroatoms. The average Bonchev–Trinajstić information content (AvgIpc) is 2.79. The highest BCUT2D eigenvalue weighted by Crippen LogP contribution is 2.64. The van der Waals surface area contributed by atoms with Gasteiger partial charge in [0.15, 0.2) is 0 Å². The third-order valence-electron chi connectivity index (χ3n) is 5.99. The van der Waals surface area contributed by atoms with E-state index in [0.717, 1.165) is 18.6 Å². The SMILES string of the molecule is CC1(C)C2CCC1(CS(=O)(=O)[N-]c1cccc(C(F)(F)F)c1)C(=O)C2. The van der Waals surface area contributed by atoms with Crippen LogP contribution in [0.15, 0.2) is 24.3 Å². The quantitative estimate of drug-likeness (QED) is 0.783. The number of carbonyl (C=O) groups excluding carboxylic acids is 1. The van der Waals surface area contributed by atoms with Gasteiger partial charge >= 0.3 is 6.18 Å². The zero-order chi connectivity index (χ0) is 18.7. The Hall–Kier alpha value is -1.57. The van der Waals surface area contributed by atoms with Crippen LogP contribution >= 0.6 is 0 Å². The fraction of sp³-hybridized carbons (Fsp3) is 0.588. The van der Waals surface area contributed by atoms with Crippen molar-refractivity contribution < 1.29 is 26.4 Å². The summed E-state index contributed by atoms with van der Waals surface area (Å²) in [6, 6.07) is 3.89. The molecule has 0 amide bonds. The first-order valence-electron chi connectivity index (χ1n) is 8.04. The molecule has 0 spiro atoms. The molecule has 0 aromatic heterocycles. The summed E-state index contributed by atoms with van der Waals surface area (Å²) in [6.45, 7) is 3.80. The molecule has 0 N–H and O–H groups in total. The van der Waals surface area contributed by atoms with Crippen LogP contribution in [0.2, 0.25) is 0 Å². The largest absolute Gasteiger partial charge is 0.577 e. The molecule has 2 saturated carbocycles. The first-order valence-corrected chi connectivity index (χ1v) is 9.65. The van der Waals surface area contributed by atoms with Crippen LogP contribution in [-0.2, 0) is 21.0 Å². The Morgan fingerprint density at radius 3 is 2.48 bits per heavy atom. The molecule has 4 nitrogen and oxygen atoms in total. The number of fused-ring (bicyclic) bond motifs is 2. The molecule has 2 aliphatic carbocycles. The standard InChI is InChI=1S/C17H19F3NO3S/c1-15(2)11-6-7-16(15,14(22)9-11)10-25(23,24)21-13-5-3-4-12(8-13)17(18,19)20/h3-5,8,11H,6-7,9-10H2,1-2H3/q-1. The minimum absolute atomic E-state index is 0.0726. The number of nitrogens with zero attached hydrogens (tertiary/aromatic N) is 1. The highest BCUT2D eigenvalue weighted by Gasteiger charge is 2.64. The molecule has 2 fully saturated rings. The third kappa shape index (κ3) is 2.94. The summed E-state index contributed by atoms with van der Waals surface area (Å²) in [6.07, 6.45) is -2.93. The Kier molecular flexibility index (Phi) is 3.98.